The summed E-state index contributed by atoms with van der Waals surface area (Å²) in [6, 6.07) is 0. The lowest BCUT2D eigenvalue weighted by atomic mass is 9.49. The van der Waals surface area contributed by atoms with Crippen LogP contribution in [0.4, 0.5) is 0 Å². The van der Waals surface area contributed by atoms with Gasteiger partial charge in [0.2, 0.25) is 0 Å². The molecule has 1 nitrogen and oxygen atoms in total. The number of fused-ring (bicyclic) bond motifs is 5. The van der Waals surface area contributed by atoms with E-state index >= 15 is 0 Å². The van der Waals surface area contributed by atoms with Gasteiger partial charge in [-0.25, -0.2) is 0 Å². The topological polar surface area (TPSA) is 17.1 Å². The normalized spacial score (nSPS) is 41.1. The Morgan fingerprint density at radius 3 is 2.52 bits per heavy atom. The van der Waals surface area contributed by atoms with E-state index in [1.165, 1.54) is 63.4 Å². The SMILES string of the molecule is CC/C=C\[C@@H]1C[C@H](C)[C@H]2C3CCC4=CC(=O)CCC4C3CCC12CCC.CCC. The molecule has 0 amide bonds. The molecule has 0 aliphatic heterocycles. The summed E-state index contributed by atoms with van der Waals surface area (Å²) in [5, 5.41) is 0. The number of rotatable bonds is 4. The highest BCUT2D eigenvalue weighted by molar-refractivity contribution is 5.91. The van der Waals surface area contributed by atoms with Crippen molar-refractivity contribution in [3.8, 4) is 0 Å². The molecule has 0 bridgehead atoms. The summed E-state index contributed by atoms with van der Waals surface area (Å²) >= 11 is 0. The first-order valence-corrected chi connectivity index (χ1v) is 12.9. The maximum absolute atomic E-state index is 11.9. The van der Waals surface area contributed by atoms with Gasteiger partial charge in [0.25, 0.3) is 0 Å². The zero-order chi connectivity index (χ0) is 21.0. The summed E-state index contributed by atoms with van der Waals surface area (Å²) < 4.78 is 0. The summed E-state index contributed by atoms with van der Waals surface area (Å²) in [4.78, 5) is 11.9. The molecule has 0 aromatic rings. The Bertz CT molecular complexity index is 614. The molecule has 0 heterocycles. The van der Waals surface area contributed by atoms with Crippen molar-refractivity contribution in [1.29, 1.82) is 0 Å². The molecule has 0 aromatic carbocycles. The first kappa shape index (κ1) is 22.8. The first-order chi connectivity index (χ1) is 14.0. The second kappa shape index (κ2) is 9.97. The van der Waals surface area contributed by atoms with Crippen molar-refractivity contribution < 1.29 is 4.79 Å². The fraction of sp³-hybridized carbons (Fsp3) is 0.821. The quantitative estimate of drug-likeness (QED) is 0.437. The number of ketones is 1. The van der Waals surface area contributed by atoms with Gasteiger partial charge >= 0.3 is 0 Å². The van der Waals surface area contributed by atoms with Crippen LogP contribution in [0.15, 0.2) is 23.8 Å². The predicted molar refractivity (Wildman–Crippen MR) is 125 cm³/mol. The molecule has 1 heteroatoms. The molecule has 164 valence electrons. The maximum atomic E-state index is 11.9. The average Bonchev–Trinajstić information content (AvgIpc) is 2.98. The number of carbonyl (C=O) groups excluding carboxylic acids is 1. The lowest BCUT2D eigenvalue weighted by molar-refractivity contribution is -0.116. The van der Waals surface area contributed by atoms with Crippen LogP contribution in [0.2, 0.25) is 0 Å². The molecule has 4 rings (SSSR count). The van der Waals surface area contributed by atoms with Gasteiger partial charge in [-0.05, 0) is 98.4 Å². The molecule has 4 unspecified atom stereocenters. The molecule has 3 saturated carbocycles. The summed E-state index contributed by atoms with van der Waals surface area (Å²) in [5.74, 6) is 5.53. The van der Waals surface area contributed by atoms with Crippen molar-refractivity contribution in [2.75, 3.05) is 0 Å². The van der Waals surface area contributed by atoms with Gasteiger partial charge < -0.3 is 0 Å². The monoisotopic (exact) mass is 398 g/mol. The van der Waals surface area contributed by atoms with E-state index in [0.29, 0.717) is 11.2 Å². The van der Waals surface area contributed by atoms with E-state index in [-0.39, 0.29) is 0 Å². The Hall–Kier alpha value is -0.850. The molecule has 7 atom stereocenters. The highest BCUT2D eigenvalue weighted by atomic mass is 16.1. The molecular weight excluding hydrogens is 352 g/mol. The van der Waals surface area contributed by atoms with Crippen molar-refractivity contribution in [2.45, 2.75) is 105 Å². The molecule has 0 radical (unpaired) electrons. The summed E-state index contributed by atoms with van der Waals surface area (Å²) in [5.41, 5.74) is 2.10. The van der Waals surface area contributed by atoms with Crippen LogP contribution < -0.4 is 0 Å². The van der Waals surface area contributed by atoms with Crippen molar-refractivity contribution in [1.82, 2.24) is 0 Å². The molecule has 0 aromatic heterocycles. The first-order valence-electron chi connectivity index (χ1n) is 12.9. The second-order valence-corrected chi connectivity index (χ2v) is 10.6. The van der Waals surface area contributed by atoms with Gasteiger partial charge in [-0.3, -0.25) is 4.79 Å². The molecule has 29 heavy (non-hydrogen) atoms. The zero-order valence-electron chi connectivity index (χ0n) is 19.9. The van der Waals surface area contributed by atoms with Crippen LogP contribution in [0.1, 0.15) is 105 Å². The number of hydrogen-bond acceptors (Lipinski definition) is 1. The van der Waals surface area contributed by atoms with Gasteiger partial charge in [0, 0.05) is 6.42 Å². The molecule has 0 saturated heterocycles. The number of carbonyl (C=O) groups is 1. The van der Waals surface area contributed by atoms with Gasteiger partial charge in [-0.1, -0.05) is 65.2 Å². The predicted octanol–water partition coefficient (Wildman–Crippen LogP) is 8.15. The Labute approximate surface area is 180 Å². The van der Waals surface area contributed by atoms with Gasteiger partial charge in [-0.2, -0.15) is 0 Å². The average molecular weight is 399 g/mol. The third kappa shape index (κ3) is 4.31. The molecule has 0 spiro atoms. The van der Waals surface area contributed by atoms with Crippen LogP contribution in [0.3, 0.4) is 0 Å². The minimum atomic E-state index is 0.393. The van der Waals surface area contributed by atoms with E-state index in [4.69, 9.17) is 0 Å². The fourth-order valence-corrected chi connectivity index (χ4v) is 8.07. The van der Waals surface area contributed by atoms with E-state index in [1.807, 2.05) is 6.08 Å². The van der Waals surface area contributed by atoms with E-state index in [1.54, 1.807) is 0 Å². The van der Waals surface area contributed by atoms with Gasteiger partial charge in [0.1, 0.15) is 0 Å². The van der Waals surface area contributed by atoms with Gasteiger partial charge in [0.15, 0.2) is 5.78 Å². The molecule has 4 aliphatic rings. The minimum Gasteiger partial charge on any atom is -0.295 e. The summed E-state index contributed by atoms with van der Waals surface area (Å²) in [7, 11) is 0. The van der Waals surface area contributed by atoms with Crippen LogP contribution in [0.5, 0.6) is 0 Å². The largest absolute Gasteiger partial charge is 0.295 e. The van der Waals surface area contributed by atoms with Crippen molar-refractivity contribution >= 4 is 5.78 Å². The smallest absolute Gasteiger partial charge is 0.155 e. The lowest BCUT2D eigenvalue weighted by Gasteiger charge is -2.56. The van der Waals surface area contributed by atoms with Crippen LogP contribution in [0.25, 0.3) is 0 Å². The van der Waals surface area contributed by atoms with E-state index < -0.39 is 0 Å². The molecule has 4 aliphatic carbocycles. The zero-order valence-corrected chi connectivity index (χ0v) is 19.9. The van der Waals surface area contributed by atoms with Crippen LogP contribution in [-0.2, 0) is 4.79 Å². The van der Waals surface area contributed by atoms with Gasteiger partial charge in [0.05, 0.1) is 0 Å². The maximum Gasteiger partial charge on any atom is 0.155 e. The third-order valence-electron chi connectivity index (χ3n) is 8.72. The molecular formula is C28H46O. The van der Waals surface area contributed by atoms with Gasteiger partial charge in [-0.15, -0.1) is 0 Å². The van der Waals surface area contributed by atoms with E-state index in [2.05, 4.69) is 46.8 Å². The number of allylic oxidation sites excluding steroid dienone is 3. The Kier molecular flexibility index (Phi) is 7.85. The highest BCUT2D eigenvalue weighted by Crippen LogP contribution is 2.67. The van der Waals surface area contributed by atoms with Crippen molar-refractivity contribution in [3.05, 3.63) is 23.8 Å². The lowest BCUT2D eigenvalue weighted by Crippen LogP contribution is -2.48. The molecule has 3 fully saturated rings. The summed E-state index contributed by atoms with van der Waals surface area (Å²) in [6.45, 7) is 11.5. The molecule has 0 N–H and O–H groups in total. The van der Waals surface area contributed by atoms with E-state index in [9.17, 15) is 4.79 Å². The highest BCUT2D eigenvalue weighted by Gasteiger charge is 2.59. The Morgan fingerprint density at radius 1 is 1.07 bits per heavy atom. The summed E-state index contributed by atoms with van der Waals surface area (Å²) in [6.07, 6.45) is 21.1. The fourth-order valence-electron chi connectivity index (χ4n) is 8.07. The van der Waals surface area contributed by atoms with Crippen molar-refractivity contribution in [2.24, 2.45) is 40.9 Å². The third-order valence-corrected chi connectivity index (χ3v) is 8.72. The van der Waals surface area contributed by atoms with Crippen molar-refractivity contribution in [3.63, 3.8) is 0 Å². The van der Waals surface area contributed by atoms with Crippen LogP contribution in [0, 0.1) is 40.9 Å². The Morgan fingerprint density at radius 2 is 1.83 bits per heavy atom. The second-order valence-electron chi connectivity index (χ2n) is 10.6. The van der Waals surface area contributed by atoms with Crippen LogP contribution >= 0.6 is 0 Å². The standard InChI is InChI=1S/C25H38O.C3H8/c1-4-6-7-19-15-17(3)24-23-10-8-18-16-20(26)9-11-21(18)22(23)12-14-25(19,24)13-5-2;1-3-2/h6-7,16-17,19,21-24H,4-5,8-15H2,1-3H3;3H2,1-2H3/b7-6-;/t17-,19+,21?,22?,23?,24-,25?;/m0./s1. The Balaban J connectivity index is 0.000000755. The van der Waals surface area contributed by atoms with E-state index in [0.717, 1.165) is 48.3 Å². The minimum absolute atomic E-state index is 0.393. The van der Waals surface area contributed by atoms with Crippen LogP contribution in [-0.4, -0.2) is 5.78 Å². The number of hydrogen-bond donors (Lipinski definition) is 0.